The maximum atomic E-state index is 10.5. The predicted octanol–water partition coefficient (Wildman–Crippen LogP) is 5.24. The van der Waals surface area contributed by atoms with Crippen molar-refractivity contribution < 1.29 is 19.7 Å². The van der Waals surface area contributed by atoms with Crippen molar-refractivity contribution in [3.05, 3.63) is 108 Å². The Morgan fingerprint density at radius 2 is 1.42 bits per heavy atom. The maximum Gasteiger partial charge on any atom is 0.261 e. The smallest absolute Gasteiger partial charge is 0.261 e. The van der Waals surface area contributed by atoms with E-state index in [0.29, 0.717) is 19.4 Å². The molecule has 2 atom stereocenters. The summed E-state index contributed by atoms with van der Waals surface area (Å²) in [6.45, 7) is 8.81. The van der Waals surface area contributed by atoms with Gasteiger partial charge in [0.05, 0.1) is 18.8 Å². The highest BCUT2D eigenvalue weighted by Gasteiger charge is 2.50. The quantitative estimate of drug-likeness (QED) is 0.262. The van der Waals surface area contributed by atoms with E-state index in [0.717, 1.165) is 11.1 Å². The second-order valence-electron chi connectivity index (χ2n) is 10.3. The van der Waals surface area contributed by atoms with Gasteiger partial charge >= 0.3 is 0 Å². The lowest BCUT2D eigenvalue weighted by Crippen LogP contribution is -2.66. The van der Waals surface area contributed by atoms with Gasteiger partial charge in [0.15, 0.2) is 0 Å². The largest absolute Gasteiger partial charge is 0.508 e. The molecule has 0 aromatic heterocycles. The third-order valence-electron chi connectivity index (χ3n) is 6.35. The zero-order valence-corrected chi connectivity index (χ0v) is 22.7. The lowest BCUT2D eigenvalue weighted by atomic mass is 10.1. The Hall–Kier alpha value is -2.92. The monoisotopic (exact) mass is 502 g/mol. The number of aliphatic hydroxyl groups is 2. The van der Waals surface area contributed by atoms with Crippen molar-refractivity contribution in [1.82, 2.24) is 0 Å². The summed E-state index contributed by atoms with van der Waals surface area (Å²) in [7, 11) is -2.71. The molecule has 3 aromatic rings. The van der Waals surface area contributed by atoms with Gasteiger partial charge in [-0.25, -0.2) is 0 Å². The summed E-state index contributed by atoms with van der Waals surface area (Å²) in [5, 5.41) is 32.4. The van der Waals surface area contributed by atoms with Gasteiger partial charge in [0.2, 0.25) is 0 Å². The number of rotatable bonds is 10. The van der Waals surface area contributed by atoms with E-state index in [1.807, 2.05) is 18.2 Å². The number of phenolic OH excluding ortho intramolecular Hbond substituents is 1. The summed E-state index contributed by atoms with van der Waals surface area (Å²) in [5.74, 6) is 0.168. The number of aliphatic hydroxyl groups excluding tert-OH is 2. The Kier molecular flexibility index (Phi) is 9.49. The molecule has 3 aromatic carbocycles. The molecule has 0 spiro atoms. The standard InChI is InChI=1S/C31H38O4Si/c1-24(32)22-25(12-11-17-30(34)26-18-20-27(33)21-19-26)23-35-36(31(2,3)4,28-13-7-5-8-14-28)29-15-9-6-10-16-29/h5-11,13-16,18-21,24,30,32-34H,17,22-23H2,1-4H3/t12?,24-,30+/m0/s1. The molecule has 5 heteroatoms. The zero-order valence-electron chi connectivity index (χ0n) is 21.7. The Morgan fingerprint density at radius 1 is 0.889 bits per heavy atom. The summed E-state index contributed by atoms with van der Waals surface area (Å²) in [6.07, 6.45) is 1.37. The minimum absolute atomic E-state index is 0.148. The molecule has 0 heterocycles. The van der Waals surface area contributed by atoms with Crippen molar-refractivity contribution in [3.8, 4) is 5.75 Å². The second-order valence-corrected chi connectivity index (χ2v) is 14.6. The highest BCUT2D eigenvalue weighted by atomic mass is 28.4. The van der Waals surface area contributed by atoms with Crippen LogP contribution in [-0.4, -0.2) is 36.3 Å². The third-order valence-corrected chi connectivity index (χ3v) is 11.3. The van der Waals surface area contributed by atoms with Crippen LogP contribution in [0.15, 0.2) is 102 Å². The Bertz CT molecular complexity index is 1100. The molecule has 0 aliphatic carbocycles. The number of hydrogen-bond donors (Lipinski definition) is 3. The Balaban J connectivity index is 1.94. The molecule has 3 N–H and O–H groups in total. The summed E-state index contributed by atoms with van der Waals surface area (Å²) in [4.78, 5) is 0. The molecular formula is C31H38O4Si. The van der Waals surface area contributed by atoms with E-state index >= 15 is 0 Å². The molecule has 0 aliphatic rings. The van der Waals surface area contributed by atoms with Gasteiger partial charge in [0.1, 0.15) is 5.75 Å². The van der Waals surface area contributed by atoms with Crippen LogP contribution >= 0.6 is 0 Å². The second kappa shape index (κ2) is 12.4. The van der Waals surface area contributed by atoms with Crippen molar-refractivity contribution >= 4 is 18.7 Å². The van der Waals surface area contributed by atoms with Crippen molar-refractivity contribution in [2.45, 2.75) is 57.8 Å². The minimum atomic E-state index is -2.71. The number of phenols is 1. The van der Waals surface area contributed by atoms with Gasteiger partial charge in [-0.2, -0.15) is 0 Å². The highest BCUT2D eigenvalue weighted by molar-refractivity contribution is 6.99. The van der Waals surface area contributed by atoms with E-state index in [2.05, 4.69) is 75.0 Å². The lowest BCUT2D eigenvalue weighted by molar-refractivity contribution is 0.181. The van der Waals surface area contributed by atoms with Crippen molar-refractivity contribution in [2.24, 2.45) is 0 Å². The highest BCUT2D eigenvalue weighted by Crippen LogP contribution is 2.37. The van der Waals surface area contributed by atoms with E-state index in [9.17, 15) is 15.3 Å². The third kappa shape index (κ3) is 6.85. The van der Waals surface area contributed by atoms with Gasteiger partial charge in [0, 0.05) is 12.8 Å². The number of hydrogen-bond acceptors (Lipinski definition) is 4. The van der Waals surface area contributed by atoms with Crippen molar-refractivity contribution in [2.75, 3.05) is 6.61 Å². The first-order valence-corrected chi connectivity index (χ1v) is 14.4. The van der Waals surface area contributed by atoms with E-state index in [4.69, 9.17) is 4.43 Å². The fraction of sp³-hybridized carbons (Fsp3) is 0.323. The van der Waals surface area contributed by atoms with E-state index < -0.39 is 20.5 Å². The topological polar surface area (TPSA) is 69.9 Å². The van der Waals surface area contributed by atoms with Crippen LogP contribution in [0.1, 0.15) is 52.2 Å². The normalized spacial score (nSPS) is 13.5. The minimum Gasteiger partial charge on any atom is -0.508 e. The van der Waals surface area contributed by atoms with Crippen LogP contribution in [-0.2, 0) is 4.43 Å². The van der Waals surface area contributed by atoms with Crippen LogP contribution in [0.4, 0.5) is 0 Å². The molecule has 3 rings (SSSR count). The Labute approximate surface area is 216 Å². The molecule has 190 valence electrons. The maximum absolute atomic E-state index is 10.5. The molecule has 0 amide bonds. The summed E-state index contributed by atoms with van der Waals surface area (Å²) in [5.41, 5.74) is 4.90. The average Bonchev–Trinajstić information content (AvgIpc) is 2.84. The van der Waals surface area contributed by atoms with Crippen LogP contribution in [0.3, 0.4) is 0 Å². The predicted molar refractivity (Wildman–Crippen MR) is 149 cm³/mol. The Morgan fingerprint density at radius 3 is 1.89 bits per heavy atom. The zero-order chi connectivity index (χ0) is 26.2. The van der Waals surface area contributed by atoms with E-state index in [1.54, 1.807) is 31.2 Å². The molecule has 36 heavy (non-hydrogen) atoms. The van der Waals surface area contributed by atoms with Gasteiger partial charge in [-0.05, 0) is 51.7 Å². The van der Waals surface area contributed by atoms with Gasteiger partial charge in [0.25, 0.3) is 8.32 Å². The molecule has 0 unspecified atom stereocenters. The van der Waals surface area contributed by atoms with Gasteiger partial charge < -0.3 is 19.7 Å². The molecule has 0 aliphatic heterocycles. The summed E-state index contributed by atoms with van der Waals surface area (Å²) in [6, 6.07) is 27.5. The first kappa shape index (κ1) is 27.7. The summed E-state index contributed by atoms with van der Waals surface area (Å²) < 4.78 is 7.00. The van der Waals surface area contributed by atoms with E-state index in [-0.39, 0.29) is 10.8 Å². The van der Waals surface area contributed by atoms with Gasteiger partial charge in [-0.3, -0.25) is 0 Å². The van der Waals surface area contributed by atoms with Gasteiger partial charge in [-0.1, -0.05) is 93.6 Å². The number of aromatic hydroxyl groups is 1. The fourth-order valence-electron chi connectivity index (χ4n) is 4.62. The average molecular weight is 503 g/mol. The number of benzene rings is 3. The lowest BCUT2D eigenvalue weighted by Gasteiger charge is -2.43. The van der Waals surface area contributed by atoms with Crippen LogP contribution in [0.2, 0.25) is 5.04 Å². The molecule has 0 bridgehead atoms. The first-order chi connectivity index (χ1) is 17.1. The van der Waals surface area contributed by atoms with Crippen LogP contribution in [0.25, 0.3) is 0 Å². The van der Waals surface area contributed by atoms with Crippen LogP contribution in [0.5, 0.6) is 5.75 Å². The SMILES string of the molecule is C[C@H](O)CC(=C=CC[C@@H](O)c1ccc(O)cc1)CO[Si](c1ccccc1)(c1ccccc1)C(C)(C)C. The van der Waals surface area contributed by atoms with Crippen LogP contribution < -0.4 is 10.4 Å². The fourth-order valence-corrected chi connectivity index (χ4v) is 9.17. The van der Waals surface area contributed by atoms with Crippen molar-refractivity contribution in [1.29, 1.82) is 0 Å². The van der Waals surface area contributed by atoms with Gasteiger partial charge in [-0.15, -0.1) is 5.73 Å². The molecule has 0 saturated carbocycles. The van der Waals surface area contributed by atoms with E-state index in [1.165, 1.54) is 10.4 Å². The molecular weight excluding hydrogens is 464 g/mol. The molecule has 0 saturated heterocycles. The molecule has 0 radical (unpaired) electrons. The first-order valence-electron chi connectivity index (χ1n) is 12.5. The summed E-state index contributed by atoms with van der Waals surface area (Å²) >= 11 is 0. The molecule has 4 nitrogen and oxygen atoms in total. The molecule has 0 fully saturated rings. The van der Waals surface area contributed by atoms with Crippen molar-refractivity contribution in [3.63, 3.8) is 0 Å². The van der Waals surface area contributed by atoms with Crippen LogP contribution in [0, 0.1) is 0 Å².